The van der Waals surface area contributed by atoms with Gasteiger partial charge in [0.2, 0.25) is 0 Å². The van der Waals surface area contributed by atoms with Crippen molar-refractivity contribution in [3.05, 3.63) is 77.1 Å². The summed E-state index contributed by atoms with van der Waals surface area (Å²) in [6.45, 7) is 3.19. The molecule has 124 valence electrons. The highest BCUT2D eigenvalue weighted by Crippen LogP contribution is 2.64. The highest BCUT2D eigenvalue weighted by molar-refractivity contribution is 6.16. The fraction of sp³-hybridized carbons (Fsp3) is 0.250. The van der Waals surface area contributed by atoms with Gasteiger partial charge in [-0.15, -0.1) is 0 Å². The van der Waals surface area contributed by atoms with Crippen molar-refractivity contribution >= 4 is 11.5 Å². The molecule has 0 aromatic heterocycles. The maximum absolute atomic E-state index is 14.6. The molecule has 0 heterocycles. The quantitative estimate of drug-likeness (QED) is 0.875. The van der Waals surface area contributed by atoms with Gasteiger partial charge >= 0.3 is 5.97 Å². The second kappa shape index (κ2) is 5.56. The molecule has 0 fully saturated rings. The summed E-state index contributed by atoms with van der Waals surface area (Å²) in [4.78, 5) is 12.7. The first-order valence-electron chi connectivity index (χ1n) is 7.72. The average Bonchev–Trinajstić information content (AvgIpc) is 3.27. The summed E-state index contributed by atoms with van der Waals surface area (Å²) < 4.78 is 19.6. The van der Waals surface area contributed by atoms with Crippen LogP contribution in [0.2, 0.25) is 0 Å². The summed E-state index contributed by atoms with van der Waals surface area (Å²) in [5, 5.41) is 10.6. The van der Waals surface area contributed by atoms with Crippen LogP contribution in [0.25, 0.3) is 5.57 Å². The van der Waals surface area contributed by atoms with Crippen LogP contribution in [0.1, 0.15) is 25.0 Å². The molecule has 0 bridgehead atoms. The molecule has 2 aromatic carbocycles. The molecule has 0 spiro atoms. The lowest BCUT2D eigenvalue weighted by Crippen LogP contribution is -2.34. The molecule has 0 saturated carbocycles. The maximum Gasteiger partial charge on any atom is 0.325 e. The van der Waals surface area contributed by atoms with E-state index in [0.717, 1.165) is 5.56 Å². The van der Waals surface area contributed by atoms with E-state index in [-0.39, 0.29) is 5.56 Å². The van der Waals surface area contributed by atoms with Gasteiger partial charge in [-0.3, -0.25) is 4.79 Å². The van der Waals surface area contributed by atoms with Crippen molar-refractivity contribution in [3.63, 3.8) is 0 Å². The second-order valence-electron chi connectivity index (χ2n) is 6.40. The Morgan fingerprint density at radius 2 is 1.67 bits per heavy atom. The lowest BCUT2D eigenvalue weighted by atomic mass is 9.82. The molecule has 1 unspecified atom stereocenters. The zero-order valence-electron chi connectivity index (χ0n) is 13.8. The van der Waals surface area contributed by atoms with E-state index in [4.69, 9.17) is 4.74 Å². The molecule has 1 aliphatic carbocycles. The molecule has 2 aromatic rings. The van der Waals surface area contributed by atoms with Crippen molar-refractivity contribution in [2.75, 3.05) is 7.11 Å². The van der Waals surface area contributed by atoms with Gasteiger partial charge in [-0.05, 0) is 36.6 Å². The average molecular weight is 326 g/mol. The predicted octanol–water partition coefficient (Wildman–Crippen LogP) is 3.47. The molecule has 0 saturated heterocycles. The molecule has 1 N–H and O–H groups in total. The maximum atomic E-state index is 14.6. The van der Waals surface area contributed by atoms with E-state index >= 15 is 0 Å². The number of aliphatic hydroxyl groups is 1. The van der Waals surface area contributed by atoms with Gasteiger partial charge in [-0.25, -0.2) is 4.39 Å². The van der Waals surface area contributed by atoms with E-state index in [0.29, 0.717) is 11.1 Å². The van der Waals surface area contributed by atoms with Crippen LogP contribution in [-0.2, 0) is 14.9 Å². The van der Waals surface area contributed by atoms with Crippen LogP contribution in [0.5, 0.6) is 0 Å². The number of carbonyl (C=O) groups is 1. The molecule has 3 rings (SSSR count). The number of carbonyl (C=O) groups excluding carboxylic acids is 1. The van der Waals surface area contributed by atoms with Gasteiger partial charge in [0.25, 0.3) is 0 Å². The minimum Gasteiger partial charge on any atom is -0.468 e. The SMILES string of the molecule is COC(=O)C1(c2ccccc2F)C(c2ccccc2)=C1C(C)(C)O. The smallest absolute Gasteiger partial charge is 0.325 e. The molecule has 3 nitrogen and oxygen atoms in total. The number of halogens is 1. The highest BCUT2D eigenvalue weighted by atomic mass is 19.1. The Morgan fingerprint density at radius 3 is 2.21 bits per heavy atom. The molecule has 24 heavy (non-hydrogen) atoms. The Balaban J connectivity index is 2.28. The number of methoxy groups -OCH3 is 1. The lowest BCUT2D eigenvalue weighted by molar-refractivity contribution is -0.143. The van der Waals surface area contributed by atoms with Crippen LogP contribution >= 0.6 is 0 Å². The summed E-state index contributed by atoms with van der Waals surface area (Å²) in [5.74, 6) is -1.10. The highest BCUT2D eigenvalue weighted by Gasteiger charge is 2.66. The predicted molar refractivity (Wildman–Crippen MR) is 89.8 cm³/mol. The number of rotatable bonds is 4. The summed E-state index contributed by atoms with van der Waals surface area (Å²) >= 11 is 0. The first-order chi connectivity index (χ1) is 11.3. The van der Waals surface area contributed by atoms with Gasteiger partial charge < -0.3 is 9.84 Å². The number of benzene rings is 2. The summed E-state index contributed by atoms with van der Waals surface area (Å²) in [7, 11) is 1.27. The number of ether oxygens (including phenoxy) is 1. The van der Waals surface area contributed by atoms with Crippen molar-refractivity contribution in [2.24, 2.45) is 0 Å². The molecule has 0 amide bonds. The van der Waals surface area contributed by atoms with Crippen LogP contribution in [0.3, 0.4) is 0 Å². The fourth-order valence-corrected chi connectivity index (χ4v) is 3.51. The number of hydrogen-bond acceptors (Lipinski definition) is 3. The molecule has 1 aliphatic rings. The van der Waals surface area contributed by atoms with Crippen LogP contribution in [0, 0.1) is 5.82 Å². The minimum absolute atomic E-state index is 0.202. The normalized spacial score (nSPS) is 20.0. The third-order valence-electron chi connectivity index (χ3n) is 4.38. The van der Waals surface area contributed by atoms with Gasteiger partial charge in [0.05, 0.1) is 12.7 Å². The zero-order chi connectivity index (χ0) is 17.5. The van der Waals surface area contributed by atoms with Gasteiger partial charge in [0.1, 0.15) is 11.2 Å². The van der Waals surface area contributed by atoms with Crippen LogP contribution in [-0.4, -0.2) is 23.8 Å². The van der Waals surface area contributed by atoms with Gasteiger partial charge in [-0.1, -0.05) is 48.5 Å². The topological polar surface area (TPSA) is 46.5 Å². The Bertz CT molecular complexity index is 818. The van der Waals surface area contributed by atoms with Gasteiger partial charge in [0, 0.05) is 5.56 Å². The van der Waals surface area contributed by atoms with Gasteiger partial charge in [0.15, 0.2) is 0 Å². The van der Waals surface area contributed by atoms with E-state index < -0.39 is 22.8 Å². The zero-order valence-corrected chi connectivity index (χ0v) is 13.8. The van der Waals surface area contributed by atoms with Gasteiger partial charge in [-0.2, -0.15) is 0 Å². The first kappa shape index (κ1) is 16.4. The van der Waals surface area contributed by atoms with E-state index in [1.165, 1.54) is 13.2 Å². The van der Waals surface area contributed by atoms with E-state index in [2.05, 4.69) is 0 Å². The Labute approximate surface area is 140 Å². The summed E-state index contributed by atoms with van der Waals surface area (Å²) in [6, 6.07) is 15.3. The number of hydrogen-bond donors (Lipinski definition) is 1. The lowest BCUT2D eigenvalue weighted by Gasteiger charge is -2.24. The Hall–Kier alpha value is -2.46. The summed E-state index contributed by atoms with van der Waals surface area (Å²) in [6.07, 6.45) is 0. The second-order valence-corrected chi connectivity index (χ2v) is 6.40. The monoisotopic (exact) mass is 326 g/mol. The van der Waals surface area contributed by atoms with Crippen LogP contribution < -0.4 is 0 Å². The van der Waals surface area contributed by atoms with E-state index in [1.54, 1.807) is 32.0 Å². The van der Waals surface area contributed by atoms with Crippen molar-refractivity contribution in [1.82, 2.24) is 0 Å². The Morgan fingerprint density at radius 1 is 1.08 bits per heavy atom. The van der Waals surface area contributed by atoms with E-state index in [9.17, 15) is 14.3 Å². The summed E-state index contributed by atoms with van der Waals surface area (Å²) in [5.41, 5.74) is -0.636. The molecule has 0 aliphatic heterocycles. The van der Waals surface area contributed by atoms with E-state index in [1.807, 2.05) is 30.3 Å². The third-order valence-corrected chi connectivity index (χ3v) is 4.38. The number of esters is 1. The van der Waals surface area contributed by atoms with Crippen molar-refractivity contribution in [2.45, 2.75) is 24.9 Å². The minimum atomic E-state index is -1.39. The molecule has 1 atom stereocenters. The van der Waals surface area contributed by atoms with Crippen LogP contribution in [0.4, 0.5) is 4.39 Å². The van der Waals surface area contributed by atoms with Crippen LogP contribution in [0.15, 0.2) is 60.2 Å². The molecular formula is C20H19FO3. The van der Waals surface area contributed by atoms with Crippen molar-refractivity contribution in [1.29, 1.82) is 0 Å². The largest absolute Gasteiger partial charge is 0.468 e. The molecule has 0 radical (unpaired) electrons. The van der Waals surface area contributed by atoms with Crippen molar-refractivity contribution in [3.8, 4) is 0 Å². The van der Waals surface area contributed by atoms with Crippen molar-refractivity contribution < 1.29 is 19.0 Å². The fourth-order valence-electron chi connectivity index (χ4n) is 3.51. The molecular weight excluding hydrogens is 307 g/mol. The first-order valence-corrected chi connectivity index (χ1v) is 7.72. The third kappa shape index (κ3) is 2.26. The Kier molecular flexibility index (Phi) is 3.80. The standard InChI is InChI=1S/C20H19FO3/c1-19(2,23)17-16(13-9-5-4-6-10-13)20(17,18(22)24-3)14-11-7-8-12-15(14)21/h4-12,23H,1-3H3. The molecule has 4 heteroatoms.